The van der Waals surface area contributed by atoms with E-state index in [-0.39, 0.29) is 11.8 Å². The van der Waals surface area contributed by atoms with Crippen molar-refractivity contribution in [3.05, 3.63) is 5.92 Å². The molecule has 0 spiro atoms. The molecule has 14 heavy (non-hydrogen) atoms. The van der Waals surface area contributed by atoms with E-state index in [0.717, 1.165) is 38.5 Å². The highest BCUT2D eigenvalue weighted by molar-refractivity contribution is 5.08. The molecule has 0 aromatic rings. The number of halogens is 3. The van der Waals surface area contributed by atoms with Crippen LogP contribution in [-0.4, -0.2) is 6.18 Å². The van der Waals surface area contributed by atoms with E-state index in [9.17, 15) is 13.2 Å². The summed E-state index contributed by atoms with van der Waals surface area (Å²) < 4.78 is 38.0. The Morgan fingerprint density at radius 1 is 0.929 bits per heavy atom. The van der Waals surface area contributed by atoms with E-state index >= 15 is 0 Å². The van der Waals surface area contributed by atoms with Crippen LogP contribution in [0.5, 0.6) is 0 Å². The molecule has 0 aromatic heterocycles. The zero-order valence-electron chi connectivity index (χ0n) is 8.24. The molecular weight excluding hydrogens is 189 g/mol. The summed E-state index contributed by atoms with van der Waals surface area (Å²) in [5.74, 6) is 0.111. The van der Waals surface area contributed by atoms with Gasteiger partial charge in [0, 0.05) is 0 Å². The van der Waals surface area contributed by atoms with Crippen molar-refractivity contribution < 1.29 is 13.2 Å². The Morgan fingerprint density at radius 3 is 2.29 bits per heavy atom. The fraction of sp³-hybridized carbons (Fsp3) is 0.909. The second-order valence-electron chi connectivity index (χ2n) is 4.57. The SMILES string of the molecule is FC(F)(F)[C]1CCCC2CCCCC12. The van der Waals surface area contributed by atoms with Crippen molar-refractivity contribution in [2.24, 2.45) is 11.8 Å². The molecule has 0 saturated heterocycles. The summed E-state index contributed by atoms with van der Waals surface area (Å²) in [7, 11) is 0. The standard InChI is InChI=1S/C11H16F3/c12-11(13,14)10-7-3-5-8-4-1-2-6-9(8)10/h8-9H,1-7H2. The highest BCUT2D eigenvalue weighted by Gasteiger charge is 2.49. The van der Waals surface area contributed by atoms with Gasteiger partial charge in [-0.1, -0.05) is 32.1 Å². The molecule has 0 aliphatic heterocycles. The van der Waals surface area contributed by atoms with Crippen LogP contribution in [-0.2, 0) is 0 Å². The Bertz CT molecular complexity index is 195. The van der Waals surface area contributed by atoms with Crippen LogP contribution in [0.1, 0.15) is 44.9 Å². The first-order valence-electron chi connectivity index (χ1n) is 5.52. The monoisotopic (exact) mass is 205 g/mol. The van der Waals surface area contributed by atoms with Crippen molar-refractivity contribution in [3.8, 4) is 0 Å². The van der Waals surface area contributed by atoms with Crippen molar-refractivity contribution >= 4 is 0 Å². The second-order valence-corrected chi connectivity index (χ2v) is 4.57. The van der Waals surface area contributed by atoms with Gasteiger partial charge in [-0.25, -0.2) is 0 Å². The number of hydrogen-bond donors (Lipinski definition) is 0. The van der Waals surface area contributed by atoms with Gasteiger partial charge in [0.1, 0.15) is 0 Å². The van der Waals surface area contributed by atoms with Gasteiger partial charge >= 0.3 is 6.18 Å². The maximum absolute atomic E-state index is 12.7. The minimum Gasteiger partial charge on any atom is -0.170 e. The molecule has 2 unspecified atom stereocenters. The van der Waals surface area contributed by atoms with Crippen molar-refractivity contribution in [1.82, 2.24) is 0 Å². The summed E-state index contributed by atoms with van der Waals surface area (Å²) in [5.41, 5.74) is 0. The number of hydrogen-bond acceptors (Lipinski definition) is 0. The summed E-state index contributed by atoms with van der Waals surface area (Å²) in [6.07, 6.45) is 1.95. The highest BCUT2D eigenvalue weighted by atomic mass is 19.4. The average molecular weight is 205 g/mol. The van der Waals surface area contributed by atoms with Crippen molar-refractivity contribution in [1.29, 1.82) is 0 Å². The van der Waals surface area contributed by atoms with E-state index in [0.29, 0.717) is 12.3 Å². The fourth-order valence-corrected chi connectivity index (χ4v) is 3.10. The first kappa shape index (κ1) is 10.3. The predicted molar refractivity (Wildman–Crippen MR) is 48.6 cm³/mol. The number of alkyl halides is 3. The number of fused-ring (bicyclic) bond motifs is 1. The van der Waals surface area contributed by atoms with Crippen molar-refractivity contribution in [2.45, 2.75) is 51.1 Å². The van der Waals surface area contributed by atoms with Crippen LogP contribution < -0.4 is 0 Å². The van der Waals surface area contributed by atoms with Crippen LogP contribution in [0.2, 0.25) is 0 Å². The molecule has 2 aliphatic rings. The van der Waals surface area contributed by atoms with E-state index in [1.807, 2.05) is 0 Å². The third kappa shape index (κ3) is 1.91. The normalized spacial score (nSPS) is 35.4. The third-order valence-electron chi connectivity index (χ3n) is 3.74. The molecule has 2 atom stereocenters. The lowest BCUT2D eigenvalue weighted by molar-refractivity contribution is -0.136. The van der Waals surface area contributed by atoms with Gasteiger partial charge < -0.3 is 0 Å². The van der Waals surface area contributed by atoms with Gasteiger partial charge in [-0.15, -0.1) is 0 Å². The fourth-order valence-electron chi connectivity index (χ4n) is 3.10. The molecule has 0 bridgehead atoms. The van der Waals surface area contributed by atoms with Crippen LogP contribution in [0, 0.1) is 17.8 Å². The summed E-state index contributed by atoms with van der Waals surface area (Å²) in [5, 5.41) is 0. The molecular formula is C11H16F3. The smallest absolute Gasteiger partial charge is 0.170 e. The lowest BCUT2D eigenvalue weighted by atomic mass is 9.65. The van der Waals surface area contributed by atoms with Gasteiger partial charge in [0.15, 0.2) is 0 Å². The van der Waals surface area contributed by atoms with Gasteiger partial charge in [0.2, 0.25) is 0 Å². The van der Waals surface area contributed by atoms with Gasteiger partial charge in [-0.05, 0) is 24.7 Å². The topological polar surface area (TPSA) is 0 Å². The molecule has 0 aromatic carbocycles. The molecule has 2 rings (SSSR count). The molecule has 3 heteroatoms. The van der Waals surface area contributed by atoms with Crippen LogP contribution >= 0.6 is 0 Å². The van der Waals surface area contributed by atoms with Crippen LogP contribution in [0.25, 0.3) is 0 Å². The lowest BCUT2D eigenvalue weighted by Crippen LogP contribution is -2.37. The zero-order chi connectivity index (χ0) is 10.2. The van der Waals surface area contributed by atoms with Crippen molar-refractivity contribution in [3.63, 3.8) is 0 Å². The maximum atomic E-state index is 12.7. The maximum Gasteiger partial charge on any atom is 0.395 e. The molecule has 0 amide bonds. The highest BCUT2D eigenvalue weighted by Crippen LogP contribution is 2.50. The third-order valence-corrected chi connectivity index (χ3v) is 3.74. The van der Waals surface area contributed by atoms with Crippen LogP contribution in [0.15, 0.2) is 0 Å². The van der Waals surface area contributed by atoms with Gasteiger partial charge in [-0.3, -0.25) is 0 Å². The van der Waals surface area contributed by atoms with E-state index in [2.05, 4.69) is 0 Å². The van der Waals surface area contributed by atoms with Crippen LogP contribution in [0.4, 0.5) is 13.2 Å². The summed E-state index contributed by atoms with van der Waals surface area (Å²) in [4.78, 5) is 0. The zero-order valence-corrected chi connectivity index (χ0v) is 8.24. The molecule has 0 heterocycles. The second kappa shape index (κ2) is 3.74. The van der Waals surface area contributed by atoms with Crippen molar-refractivity contribution in [2.75, 3.05) is 0 Å². The van der Waals surface area contributed by atoms with E-state index in [1.54, 1.807) is 0 Å². The molecule has 81 valence electrons. The molecule has 1 radical (unpaired) electrons. The van der Waals surface area contributed by atoms with Crippen LogP contribution in [0.3, 0.4) is 0 Å². The van der Waals surface area contributed by atoms with E-state index < -0.39 is 6.18 Å². The summed E-state index contributed by atoms with van der Waals surface area (Å²) in [6, 6.07) is 0. The Kier molecular flexibility index (Phi) is 2.76. The predicted octanol–water partition coefficient (Wildman–Crippen LogP) is 4.11. The Morgan fingerprint density at radius 2 is 1.57 bits per heavy atom. The average Bonchev–Trinajstić information content (AvgIpc) is 2.15. The van der Waals surface area contributed by atoms with E-state index in [1.165, 1.54) is 0 Å². The summed E-state index contributed by atoms with van der Waals surface area (Å²) >= 11 is 0. The Balaban J connectivity index is 2.09. The number of rotatable bonds is 0. The Labute approximate surface area is 82.9 Å². The molecule has 2 aliphatic carbocycles. The molecule has 0 nitrogen and oxygen atoms in total. The molecule has 0 N–H and O–H groups in total. The van der Waals surface area contributed by atoms with Gasteiger partial charge in [-0.2, -0.15) is 13.2 Å². The molecule has 2 fully saturated rings. The lowest BCUT2D eigenvalue weighted by Gasteiger charge is -2.41. The summed E-state index contributed by atoms with van der Waals surface area (Å²) in [6.45, 7) is 0. The van der Waals surface area contributed by atoms with E-state index in [4.69, 9.17) is 0 Å². The first-order valence-corrected chi connectivity index (χ1v) is 5.52. The quantitative estimate of drug-likeness (QED) is 0.558. The largest absolute Gasteiger partial charge is 0.395 e. The Hall–Kier alpha value is -0.210. The minimum absolute atomic E-state index is 0.103. The van der Waals surface area contributed by atoms with Gasteiger partial charge in [0.05, 0.1) is 5.92 Å². The minimum atomic E-state index is -4.03. The molecule has 2 saturated carbocycles. The van der Waals surface area contributed by atoms with Gasteiger partial charge in [0.25, 0.3) is 0 Å². The first-order chi connectivity index (χ1) is 6.59.